The lowest BCUT2D eigenvalue weighted by Crippen LogP contribution is -2.38. The van der Waals surface area contributed by atoms with Crippen molar-refractivity contribution in [3.05, 3.63) is 28.8 Å². The lowest BCUT2D eigenvalue weighted by Gasteiger charge is -2.25. The molecule has 2 rings (SSSR count). The van der Waals surface area contributed by atoms with E-state index in [9.17, 15) is 9.59 Å². The summed E-state index contributed by atoms with van der Waals surface area (Å²) in [4.78, 5) is 25.2. The van der Waals surface area contributed by atoms with E-state index in [0.717, 1.165) is 11.3 Å². The quantitative estimate of drug-likeness (QED) is 0.800. The zero-order valence-corrected chi connectivity index (χ0v) is 13.0. The summed E-state index contributed by atoms with van der Waals surface area (Å²) in [7, 11) is 3.24. The number of hydrogen-bond donors (Lipinski definition) is 0. The van der Waals surface area contributed by atoms with Gasteiger partial charge < -0.3 is 14.4 Å². The van der Waals surface area contributed by atoms with Gasteiger partial charge in [-0.3, -0.25) is 9.59 Å². The molecule has 6 heteroatoms. The predicted molar refractivity (Wildman–Crippen MR) is 78.4 cm³/mol. The first-order valence-corrected chi connectivity index (χ1v) is 7.09. The number of carbonyl (C=O) groups is 2. The minimum Gasteiger partial charge on any atom is -0.492 e. The molecule has 21 heavy (non-hydrogen) atoms. The van der Waals surface area contributed by atoms with Crippen molar-refractivity contribution in [2.24, 2.45) is 5.92 Å². The molecule has 1 amide bonds. The second-order valence-corrected chi connectivity index (χ2v) is 5.71. The van der Waals surface area contributed by atoms with Crippen LogP contribution in [0, 0.1) is 5.92 Å². The molecule has 1 aliphatic heterocycles. The number of rotatable bonds is 3. The topological polar surface area (TPSA) is 55.8 Å². The fourth-order valence-corrected chi connectivity index (χ4v) is 2.39. The maximum atomic E-state index is 12.1. The molecular formula is C15H18ClNO4. The molecule has 1 aromatic rings. The molecule has 0 radical (unpaired) electrons. The molecule has 1 heterocycles. The third kappa shape index (κ3) is 3.67. The third-order valence-corrected chi connectivity index (χ3v) is 3.58. The Kier molecular flexibility index (Phi) is 4.73. The van der Waals surface area contributed by atoms with E-state index >= 15 is 0 Å². The molecular weight excluding hydrogens is 294 g/mol. The molecule has 2 atom stereocenters. The molecule has 0 unspecified atom stereocenters. The van der Waals surface area contributed by atoms with Gasteiger partial charge in [0, 0.05) is 19.1 Å². The highest BCUT2D eigenvalue weighted by molar-refractivity contribution is 6.30. The number of nitrogens with zero attached hydrogens (tertiary/aromatic N) is 1. The Bertz CT molecular complexity index is 559. The highest BCUT2D eigenvalue weighted by Gasteiger charge is 2.30. The fourth-order valence-electron chi connectivity index (χ4n) is 2.20. The second-order valence-electron chi connectivity index (χ2n) is 5.28. The van der Waals surface area contributed by atoms with Crippen molar-refractivity contribution in [1.82, 2.24) is 4.90 Å². The summed E-state index contributed by atoms with van der Waals surface area (Å²) in [6, 6.07) is 5.32. The zero-order valence-electron chi connectivity index (χ0n) is 12.3. The zero-order chi connectivity index (χ0) is 15.6. The van der Waals surface area contributed by atoms with Crippen LogP contribution in [-0.4, -0.2) is 43.6 Å². The van der Waals surface area contributed by atoms with Gasteiger partial charge >= 0.3 is 5.97 Å². The molecule has 0 spiro atoms. The lowest BCUT2D eigenvalue weighted by molar-refractivity contribution is -0.162. The van der Waals surface area contributed by atoms with E-state index in [1.807, 2.05) is 0 Å². The summed E-state index contributed by atoms with van der Waals surface area (Å²) in [5.41, 5.74) is 0.877. The molecule has 5 nitrogen and oxygen atoms in total. The summed E-state index contributed by atoms with van der Waals surface area (Å²) in [6.45, 7) is 1.81. The van der Waals surface area contributed by atoms with Crippen molar-refractivity contribution in [3.63, 3.8) is 0 Å². The highest BCUT2D eigenvalue weighted by Crippen LogP contribution is 2.30. The van der Waals surface area contributed by atoms with Gasteiger partial charge in [-0.25, -0.2) is 0 Å². The van der Waals surface area contributed by atoms with E-state index in [1.165, 1.54) is 4.90 Å². The standard InChI is InChI=1S/C15H18ClNO4/c1-9(14(18)17(2)3)21-15(19)11-6-10-7-12(16)4-5-13(10)20-8-11/h4-5,7,9,11H,6,8H2,1-3H3/t9-,11+/m0/s1. The first-order valence-electron chi connectivity index (χ1n) is 6.71. The smallest absolute Gasteiger partial charge is 0.313 e. The Morgan fingerprint density at radius 3 is 2.81 bits per heavy atom. The number of halogens is 1. The van der Waals surface area contributed by atoms with E-state index in [1.54, 1.807) is 39.2 Å². The van der Waals surface area contributed by atoms with Crippen LogP contribution in [0.15, 0.2) is 18.2 Å². The second kappa shape index (κ2) is 6.35. The van der Waals surface area contributed by atoms with Gasteiger partial charge in [-0.2, -0.15) is 0 Å². The minimum atomic E-state index is -0.798. The van der Waals surface area contributed by atoms with E-state index < -0.39 is 18.0 Å². The summed E-state index contributed by atoms with van der Waals surface area (Å²) in [5.74, 6) is -0.360. The van der Waals surface area contributed by atoms with Crippen LogP contribution in [-0.2, 0) is 20.7 Å². The summed E-state index contributed by atoms with van der Waals surface area (Å²) >= 11 is 5.94. The Hall–Kier alpha value is -1.75. The van der Waals surface area contributed by atoms with E-state index in [4.69, 9.17) is 21.1 Å². The van der Waals surface area contributed by atoms with Crippen molar-refractivity contribution in [1.29, 1.82) is 0 Å². The monoisotopic (exact) mass is 311 g/mol. The first kappa shape index (κ1) is 15.6. The van der Waals surface area contributed by atoms with Crippen molar-refractivity contribution >= 4 is 23.5 Å². The number of fused-ring (bicyclic) bond motifs is 1. The van der Waals surface area contributed by atoms with Gasteiger partial charge in [0.05, 0.1) is 5.92 Å². The molecule has 0 bridgehead atoms. The number of hydrogen-bond acceptors (Lipinski definition) is 4. The van der Waals surface area contributed by atoms with Crippen LogP contribution in [0.4, 0.5) is 0 Å². The van der Waals surface area contributed by atoms with Gasteiger partial charge in [-0.1, -0.05) is 11.6 Å². The Morgan fingerprint density at radius 1 is 1.43 bits per heavy atom. The van der Waals surface area contributed by atoms with Crippen LogP contribution < -0.4 is 4.74 Å². The number of amides is 1. The van der Waals surface area contributed by atoms with Crippen molar-refractivity contribution < 1.29 is 19.1 Å². The van der Waals surface area contributed by atoms with Gasteiger partial charge in [0.1, 0.15) is 12.4 Å². The van der Waals surface area contributed by atoms with Crippen LogP contribution in [0.2, 0.25) is 5.02 Å². The Labute approximate surface area is 128 Å². The minimum absolute atomic E-state index is 0.246. The SMILES string of the molecule is C[C@H](OC(=O)[C@H]1COc2ccc(Cl)cc2C1)C(=O)N(C)C. The summed E-state index contributed by atoms with van der Waals surface area (Å²) in [5, 5.41) is 0.600. The first-order chi connectivity index (χ1) is 9.88. The van der Waals surface area contributed by atoms with Crippen LogP contribution in [0.5, 0.6) is 5.75 Å². The van der Waals surface area contributed by atoms with Gasteiger partial charge in [-0.05, 0) is 37.1 Å². The molecule has 0 fully saturated rings. The van der Waals surface area contributed by atoms with Crippen LogP contribution in [0.25, 0.3) is 0 Å². The van der Waals surface area contributed by atoms with Gasteiger partial charge in [0.15, 0.2) is 6.10 Å². The maximum Gasteiger partial charge on any atom is 0.313 e. The van der Waals surface area contributed by atoms with Crippen LogP contribution in [0.1, 0.15) is 12.5 Å². The van der Waals surface area contributed by atoms with Crippen LogP contribution >= 0.6 is 11.6 Å². The maximum absolute atomic E-state index is 12.1. The van der Waals surface area contributed by atoms with Crippen molar-refractivity contribution in [2.45, 2.75) is 19.4 Å². The summed E-state index contributed by atoms with van der Waals surface area (Å²) in [6.07, 6.45) is -0.300. The van der Waals surface area contributed by atoms with E-state index in [2.05, 4.69) is 0 Å². The molecule has 0 saturated heterocycles. The molecule has 114 valence electrons. The van der Waals surface area contributed by atoms with Crippen molar-refractivity contribution in [3.8, 4) is 5.75 Å². The molecule has 0 aliphatic carbocycles. The predicted octanol–water partition coefficient (Wildman–Crippen LogP) is 1.91. The Balaban J connectivity index is 2.00. The lowest BCUT2D eigenvalue weighted by atomic mass is 9.97. The number of likely N-dealkylation sites (N-methyl/N-ethyl adjacent to an activating group) is 1. The number of carbonyl (C=O) groups excluding carboxylic acids is 2. The van der Waals surface area contributed by atoms with E-state index in [-0.39, 0.29) is 12.5 Å². The molecule has 1 aliphatic rings. The number of esters is 1. The average molecular weight is 312 g/mol. The molecule has 1 aromatic carbocycles. The largest absolute Gasteiger partial charge is 0.492 e. The summed E-state index contributed by atoms with van der Waals surface area (Å²) < 4.78 is 10.8. The highest BCUT2D eigenvalue weighted by atomic mass is 35.5. The third-order valence-electron chi connectivity index (χ3n) is 3.34. The van der Waals surface area contributed by atoms with Crippen LogP contribution in [0.3, 0.4) is 0 Å². The van der Waals surface area contributed by atoms with Crippen molar-refractivity contribution in [2.75, 3.05) is 20.7 Å². The molecule has 0 N–H and O–H groups in total. The fraction of sp³-hybridized carbons (Fsp3) is 0.467. The molecule has 0 saturated carbocycles. The average Bonchev–Trinajstić information content (AvgIpc) is 2.45. The Morgan fingerprint density at radius 2 is 2.14 bits per heavy atom. The van der Waals surface area contributed by atoms with Gasteiger partial charge in [-0.15, -0.1) is 0 Å². The normalized spacial score (nSPS) is 18.2. The number of ether oxygens (including phenoxy) is 2. The van der Waals surface area contributed by atoms with E-state index in [0.29, 0.717) is 11.4 Å². The molecule has 0 aromatic heterocycles. The number of benzene rings is 1. The van der Waals surface area contributed by atoms with Gasteiger partial charge in [0.2, 0.25) is 0 Å². The van der Waals surface area contributed by atoms with Gasteiger partial charge in [0.25, 0.3) is 5.91 Å².